The minimum atomic E-state index is 0.548. The number of nitrogens with zero attached hydrogens (tertiary/aromatic N) is 2. The lowest BCUT2D eigenvalue weighted by atomic mass is 9.96. The second-order valence-electron chi connectivity index (χ2n) is 5.72. The van der Waals surface area contributed by atoms with Gasteiger partial charge in [-0.3, -0.25) is 0 Å². The molecule has 6 heteroatoms. The molecule has 0 saturated carbocycles. The number of aliphatic imine (C=N–C) groups is 1. The quantitative estimate of drug-likeness (QED) is 0.750. The van der Waals surface area contributed by atoms with Gasteiger partial charge in [0, 0.05) is 16.7 Å². The molecular formula is C19H20N2O3S. The van der Waals surface area contributed by atoms with E-state index in [2.05, 4.69) is 11.1 Å². The number of nitriles is 1. The van der Waals surface area contributed by atoms with Crippen LogP contribution in [0.4, 0.5) is 5.00 Å². The van der Waals surface area contributed by atoms with Crippen LogP contribution in [-0.2, 0) is 12.8 Å². The summed E-state index contributed by atoms with van der Waals surface area (Å²) >= 11 is 1.63. The van der Waals surface area contributed by atoms with Crippen molar-refractivity contribution in [1.82, 2.24) is 0 Å². The van der Waals surface area contributed by atoms with Crippen molar-refractivity contribution in [1.29, 1.82) is 5.26 Å². The Hall–Kier alpha value is -2.52. The molecule has 0 atom stereocenters. The second-order valence-corrected chi connectivity index (χ2v) is 6.80. The fraction of sp³-hybridized carbons (Fsp3) is 0.368. The number of hydrogen-bond acceptors (Lipinski definition) is 6. The van der Waals surface area contributed by atoms with Crippen molar-refractivity contribution in [3.63, 3.8) is 0 Å². The lowest BCUT2D eigenvalue weighted by Gasteiger charge is -2.12. The molecule has 3 rings (SSSR count). The van der Waals surface area contributed by atoms with Crippen LogP contribution in [0, 0.1) is 11.3 Å². The van der Waals surface area contributed by atoms with E-state index in [1.807, 2.05) is 12.1 Å². The van der Waals surface area contributed by atoms with Crippen LogP contribution in [0.3, 0.4) is 0 Å². The number of benzene rings is 1. The van der Waals surface area contributed by atoms with Crippen LogP contribution < -0.4 is 14.2 Å². The molecule has 0 aliphatic heterocycles. The number of aryl methyl sites for hydroxylation is 1. The predicted octanol–water partition coefficient (Wildman–Crippen LogP) is 4.27. The average molecular weight is 356 g/mol. The maximum Gasteiger partial charge on any atom is 0.203 e. The fourth-order valence-corrected chi connectivity index (χ4v) is 4.25. The minimum absolute atomic E-state index is 0.548. The number of hydrogen-bond donors (Lipinski definition) is 0. The van der Waals surface area contributed by atoms with Gasteiger partial charge in [0.2, 0.25) is 5.75 Å². The van der Waals surface area contributed by atoms with Gasteiger partial charge in [-0.15, -0.1) is 11.3 Å². The number of fused-ring (bicyclic) bond motifs is 1. The zero-order chi connectivity index (χ0) is 17.8. The standard InChI is InChI=1S/C19H20N2O3S/c1-22-15-8-12(9-16(23-2)18(15)24-3)11-21-19-14(10-20)13-6-4-5-7-17(13)25-19/h8-9,11H,4-7H2,1-3H3. The number of thiophene rings is 1. The molecule has 0 N–H and O–H groups in total. The van der Waals surface area contributed by atoms with Crippen LogP contribution in [0.5, 0.6) is 17.2 Å². The van der Waals surface area contributed by atoms with E-state index in [-0.39, 0.29) is 0 Å². The highest BCUT2D eigenvalue weighted by Gasteiger charge is 2.20. The van der Waals surface area contributed by atoms with Gasteiger partial charge in [0.15, 0.2) is 11.5 Å². The van der Waals surface area contributed by atoms with Crippen molar-refractivity contribution < 1.29 is 14.2 Å². The Labute approximate surface area is 151 Å². The second kappa shape index (κ2) is 7.58. The largest absolute Gasteiger partial charge is 0.493 e. The number of methoxy groups -OCH3 is 3. The molecule has 130 valence electrons. The third kappa shape index (κ3) is 3.33. The Morgan fingerprint density at radius 3 is 2.36 bits per heavy atom. The monoisotopic (exact) mass is 356 g/mol. The summed E-state index contributed by atoms with van der Waals surface area (Å²) in [5.41, 5.74) is 2.74. The lowest BCUT2D eigenvalue weighted by Crippen LogP contribution is -1.99. The van der Waals surface area contributed by atoms with Crippen LogP contribution in [0.25, 0.3) is 0 Å². The molecule has 1 aliphatic carbocycles. The van der Waals surface area contributed by atoms with Gasteiger partial charge in [0.05, 0.1) is 26.9 Å². The summed E-state index contributed by atoms with van der Waals surface area (Å²) in [6.45, 7) is 0. The van der Waals surface area contributed by atoms with Crippen molar-refractivity contribution in [2.75, 3.05) is 21.3 Å². The van der Waals surface area contributed by atoms with Crippen molar-refractivity contribution in [3.05, 3.63) is 33.7 Å². The van der Waals surface area contributed by atoms with E-state index in [9.17, 15) is 5.26 Å². The first-order valence-electron chi connectivity index (χ1n) is 8.10. The zero-order valence-corrected chi connectivity index (χ0v) is 15.4. The molecule has 1 aromatic heterocycles. The van der Waals surface area contributed by atoms with Crippen molar-refractivity contribution >= 4 is 22.6 Å². The van der Waals surface area contributed by atoms with E-state index < -0.39 is 0 Å². The molecule has 2 aromatic rings. The Morgan fingerprint density at radius 1 is 1.08 bits per heavy atom. The number of ether oxygens (including phenoxy) is 3. The molecule has 0 amide bonds. The summed E-state index contributed by atoms with van der Waals surface area (Å²) in [6.07, 6.45) is 6.11. The van der Waals surface area contributed by atoms with Gasteiger partial charge in [-0.05, 0) is 43.4 Å². The molecular weight excluding hydrogens is 336 g/mol. The molecule has 0 fully saturated rings. The highest BCUT2D eigenvalue weighted by molar-refractivity contribution is 7.16. The van der Waals surface area contributed by atoms with Crippen LogP contribution in [0.15, 0.2) is 17.1 Å². The molecule has 1 heterocycles. The summed E-state index contributed by atoms with van der Waals surface area (Å²) in [4.78, 5) is 5.88. The highest BCUT2D eigenvalue weighted by Crippen LogP contribution is 2.40. The Kier molecular flexibility index (Phi) is 5.25. The Balaban J connectivity index is 1.98. The summed E-state index contributed by atoms with van der Waals surface area (Å²) in [6, 6.07) is 6.01. The normalized spacial score (nSPS) is 13.4. The van der Waals surface area contributed by atoms with E-state index in [1.165, 1.54) is 16.9 Å². The summed E-state index contributed by atoms with van der Waals surface area (Å²) in [5.74, 6) is 1.70. The van der Waals surface area contributed by atoms with Crippen LogP contribution in [-0.4, -0.2) is 27.5 Å². The van der Waals surface area contributed by atoms with Gasteiger partial charge in [0.25, 0.3) is 0 Å². The van der Waals surface area contributed by atoms with E-state index in [4.69, 9.17) is 14.2 Å². The topological polar surface area (TPSA) is 63.8 Å². The van der Waals surface area contributed by atoms with Crippen LogP contribution in [0.1, 0.15) is 34.4 Å². The SMILES string of the molecule is COc1cc(C=Nc2sc3c(c2C#N)CCCC3)cc(OC)c1OC. The first kappa shape index (κ1) is 17.3. The lowest BCUT2D eigenvalue weighted by molar-refractivity contribution is 0.324. The molecule has 0 saturated heterocycles. The zero-order valence-electron chi connectivity index (χ0n) is 14.6. The maximum atomic E-state index is 9.52. The smallest absolute Gasteiger partial charge is 0.203 e. The van der Waals surface area contributed by atoms with Gasteiger partial charge in [-0.1, -0.05) is 0 Å². The van der Waals surface area contributed by atoms with Crippen molar-refractivity contribution in [2.24, 2.45) is 4.99 Å². The van der Waals surface area contributed by atoms with Gasteiger partial charge < -0.3 is 14.2 Å². The molecule has 25 heavy (non-hydrogen) atoms. The van der Waals surface area contributed by atoms with Crippen molar-refractivity contribution in [3.8, 4) is 23.3 Å². The van der Waals surface area contributed by atoms with Gasteiger partial charge in [-0.2, -0.15) is 5.26 Å². The minimum Gasteiger partial charge on any atom is -0.493 e. The molecule has 1 aromatic carbocycles. The third-order valence-corrected chi connectivity index (χ3v) is 5.48. The predicted molar refractivity (Wildman–Crippen MR) is 99.0 cm³/mol. The van der Waals surface area contributed by atoms with Crippen LogP contribution in [0.2, 0.25) is 0 Å². The molecule has 0 radical (unpaired) electrons. The molecule has 1 aliphatic rings. The van der Waals surface area contributed by atoms with Gasteiger partial charge in [-0.25, -0.2) is 4.99 Å². The van der Waals surface area contributed by atoms with Crippen LogP contribution >= 0.6 is 11.3 Å². The highest BCUT2D eigenvalue weighted by atomic mass is 32.1. The number of rotatable bonds is 5. The Bertz CT molecular complexity index is 824. The van der Waals surface area contributed by atoms with Gasteiger partial charge in [0.1, 0.15) is 11.1 Å². The molecule has 0 spiro atoms. The first-order chi connectivity index (χ1) is 12.2. The maximum absolute atomic E-state index is 9.52. The summed E-state index contributed by atoms with van der Waals surface area (Å²) in [7, 11) is 4.74. The molecule has 5 nitrogen and oxygen atoms in total. The van der Waals surface area contributed by atoms with Gasteiger partial charge >= 0.3 is 0 Å². The van der Waals surface area contributed by atoms with E-state index in [0.717, 1.165) is 35.4 Å². The van der Waals surface area contributed by atoms with E-state index in [0.29, 0.717) is 17.2 Å². The Morgan fingerprint density at radius 2 is 1.76 bits per heavy atom. The fourth-order valence-electron chi connectivity index (χ4n) is 3.07. The summed E-state index contributed by atoms with van der Waals surface area (Å²) < 4.78 is 16.1. The molecule has 0 bridgehead atoms. The average Bonchev–Trinajstić information content (AvgIpc) is 3.02. The third-order valence-electron chi connectivity index (χ3n) is 4.28. The van der Waals surface area contributed by atoms with E-state index >= 15 is 0 Å². The summed E-state index contributed by atoms with van der Waals surface area (Å²) in [5, 5.41) is 10.3. The van der Waals surface area contributed by atoms with Crippen molar-refractivity contribution in [2.45, 2.75) is 25.7 Å². The first-order valence-corrected chi connectivity index (χ1v) is 8.92. The molecule has 0 unspecified atom stereocenters. The van der Waals surface area contributed by atoms with E-state index in [1.54, 1.807) is 38.9 Å².